The minimum Gasteiger partial charge on any atom is -0.496 e. The van der Waals surface area contributed by atoms with E-state index in [4.69, 9.17) is 15.7 Å². The molecule has 0 spiro atoms. The molecule has 6 nitrogen and oxygen atoms in total. The van der Waals surface area contributed by atoms with Gasteiger partial charge in [-0.25, -0.2) is 0 Å². The Bertz CT molecular complexity index is 496. The standard InChI is InChI=1S/C15H24N4O2/c1-3-18-6-8-19(9-7-18)11-12-4-5-13(15(16)17-20)14(10-12)21-2/h4-5,10,20H,3,6-9,11H2,1-2H3,(H2,16,17). The van der Waals surface area contributed by atoms with Crippen molar-refractivity contribution in [3.8, 4) is 5.75 Å². The molecule has 0 unspecified atom stereocenters. The SMILES string of the molecule is CCN1CCN(Cc2ccc(/C(N)=N/O)c(OC)c2)CC1. The van der Waals surface area contributed by atoms with Gasteiger partial charge in [0.15, 0.2) is 5.84 Å². The minimum absolute atomic E-state index is 0.0648. The second-order valence-corrected chi connectivity index (χ2v) is 5.23. The number of likely N-dealkylation sites (N-methyl/N-ethyl adjacent to an activating group) is 1. The Morgan fingerprint density at radius 2 is 1.95 bits per heavy atom. The van der Waals surface area contributed by atoms with Gasteiger partial charge in [0.25, 0.3) is 0 Å². The van der Waals surface area contributed by atoms with Crippen molar-refractivity contribution in [2.45, 2.75) is 13.5 Å². The van der Waals surface area contributed by atoms with Crippen molar-refractivity contribution >= 4 is 5.84 Å². The largest absolute Gasteiger partial charge is 0.496 e. The van der Waals surface area contributed by atoms with Crippen molar-refractivity contribution in [3.05, 3.63) is 29.3 Å². The number of benzene rings is 1. The third kappa shape index (κ3) is 3.86. The predicted molar refractivity (Wildman–Crippen MR) is 82.9 cm³/mol. The van der Waals surface area contributed by atoms with Gasteiger partial charge in [-0.1, -0.05) is 18.1 Å². The molecule has 1 aromatic carbocycles. The van der Waals surface area contributed by atoms with E-state index in [-0.39, 0.29) is 5.84 Å². The van der Waals surface area contributed by atoms with Gasteiger partial charge >= 0.3 is 0 Å². The molecule has 1 aromatic rings. The highest BCUT2D eigenvalue weighted by Gasteiger charge is 2.16. The fourth-order valence-electron chi connectivity index (χ4n) is 2.62. The summed E-state index contributed by atoms with van der Waals surface area (Å²) in [6, 6.07) is 5.80. The van der Waals surface area contributed by atoms with Gasteiger partial charge in [-0.3, -0.25) is 4.90 Å². The average Bonchev–Trinajstić information content (AvgIpc) is 2.54. The van der Waals surface area contributed by atoms with E-state index in [1.807, 2.05) is 18.2 Å². The molecule has 0 aromatic heterocycles. The van der Waals surface area contributed by atoms with Crippen molar-refractivity contribution in [1.29, 1.82) is 0 Å². The van der Waals surface area contributed by atoms with Crippen LogP contribution in [0.1, 0.15) is 18.1 Å². The van der Waals surface area contributed by atoms with Crippen LogP contribution in [0.2, 0.25) is 0 Å². The molecule has 3 N–H and O–H groups in total. The quantitative estimate of drug-likeness (QED) is 0.365. The molecule has 21 heavy (non-hydrogen) atoms. The van der Waals surface area contributed by atoms with E-state index >= 15 is 0 Å². The number of nitrogens with two attached hydrogens (primary N) is 1. The number of methoxy groups -OCH3 is 1. The molecule has 6 heteroatoms. The summed E-state index contributed by atoms with van der Waals surface area (Å²) in [5.41, 5.74) is 7.42. The Labute approximate surface area is 125 Å². The zero-order valence-electron chi connectivity index (χ0n) is 12.7. The maximum atomic E-state index is 8.78. The zero-order valence-corrected chi connectivity index (χ0v) is 12.7. The van der Waals surface area contributed by atoms with Gasteiger partial charge < -0.3 is 20.6 Å². The smallest absolute Gasteiger partial charge is 0.173 e. The first kappa shape index (κ1) is 15.6. The summed E-state index contributed by atoms with van der Waals surface area (Å²) in [4.78, 5) is 4.89. The fourth-order valence-corrected chi connectivity index (χ4v) is 2.62. The number of hydrogen-bond donors (Lipinski definition) is 2. The molecule has 0 atom stereocenters. The van der Waals surface area contributed by atoms with E-state index in [0.717, 1.165) is 39.3 Å². The van der Waals surface area contributed by atoms with E-state index in [1.54, 1.807) is 7.11 Å². The van der Waals surface area contributed by atoms with E-state index in [2.05, 4.69) is 21.9 Å². The molecule has 1 heterocycles. The first-order valence-corrected chi connectivity index (χ1v) is 7.27. The summed E-state index contributed by atoms with van der Waals surface area (Å²) in [5.74, 6) is 0.699. The molecule has 0 saturated carbocycles. The lowest BCUT2D eigenvalue weighted by molar-refractivity contribution is 0.132. The number of hydrogen-bond acceptors (Lipinski definition) is 5. The van der Waals surface area contributed by atoms with E-state index in [9.17, 15) is 0 Å². The highest BCUT2D eigenvalue weighted by molar-refractivity contribution is 5.99. The summed E-state index contributed by atoms with van der Waals surface area (Å²) < 4.78 is 5.33. The van der Waals surface area contributed by atoms with Crippen LogP contribution in [0.5, 0.6) is 5.75 Å². The summed E-state index contributed by atoms with van der Waals surface area (Å²) in [6.45, 7) is 8.62. The number of oxime groups is 1. The molecule has 0 aliphatic carbocycles. The van der Waals surface area contributed by atoms with Gasteiger partial charge in [0.2, 0.25) is 0 Å². The average molecular weight is 292 g/mol. The first-order chi connectivity index (χ1) is 10.2. The molecular weight excluding hydrogens is 268 g/mol. The molecular formula is C15H24N4O2. The van der Waals surface area contributed by atoms with Crippen LogP contribution in [0.15, 0.2) is 23.4 Å². The van der Waals surface area contributed by atoms with Crippen LogP contribution in [-0.4, -0.2) is 60.7 Å². The lowest BCUT2D eigenvalue weighted by Crippen LogP contribution is -2.45. The van der Waals surface area contributed by atoms with Crippen LogP contribution in [0.25, 0.3) is 0 Å². The predicted octanol–water partition coefficient (Wildman–Crippen LogP) is 0.927. The van der Waals surface area contributed by atoms with Crippen molar-refractivity contribution < 1.29 is 9.94 Å². The zero-order chi connectivity index (χ0) is 15.2. The number of rotatable bonds is 5. The highest BCUT2D eigenvalue weighted by Crippen LogP contribution is 2.21. The molecule has 0 amide bonds. The third-order valence-electron chi connectivity index (χ3n) is 3.97. The van der Waals surface area contributed by atoms with Crippen LogP contribution in [-0.2, 0) is 6.54 Å². The van der Waals surface area contributed by atoms with Gasteiger partial charge in [-0.2, -0.15) is 0 Å². The molecule has 1 aliphatic heterocycles. The summed E-state index contributed by atoms with van der Waals surface area (Å²) in [5, 5.41) is 11.8. The van der Waals surface area contributed by atoms with E-state index in [0.29, 0.717) is 11.3 Å². The second kappa shape index (κ2) is 7.28. The maximum Gasteiger partial charge on any atom is 0.173 e. The third-order valence-corrected chi connectivity index (χ3v) is 3.97. The van der Waals surface area contributed by atoms with Crippen molar-refractivity contribution in [1.82, 2.24) is 9.80 Å². The maximum absolute atomic E-state index is 8.78. The molecule has 116 valence electrons. The Kier molecular flexibility index (Phi) is 5.41. The number of piperazine rings is 1. The van der Waals surface area contributed by atoms with E-state index < -0.39 is 0 Å². The number of nitrogens with zero attached hydrogens (tertiary/aromatic N) is 3. The van der Waals surface area contributed by atoms with E-state index in [1.165, 1.54) is 5.56 Å². The van der Waals surface area contributed by atoms with Crippen molar-refractivity contribution in [3.63, 3.8) is 0 Å². The van der Waals surface area contributed by atoms with Crippen LogP contribution in [0.4, 0.5) is 0 Å². The first-order valence-electron chi connectivity index (χ1n) is 7.27. The van der Waals surface area contributed by atoms with Gasteiger partial charge in [-0.15, -0.1) is 0 Å². The Morgan fingerprint density at radius 1 is 1.29 bits per heavy atom. The summed E-state index contributed by atoms with van der Waals surface area (Å²) >= 11 is 0. The van der Waals surface area contributed by atoms with Gasteiger partial charge in [0, 0.05) is 32.7 Å². The molecule has 1 fully saturated rings. The Morgan fingerprint density at radius 3 is 2.52 bits per heavy atom. The van der Waals surface area contributed by atoms with Crippen LogP contribution < -0.4 is 10.5 Å². The normalized spacial score (nSPS) is 17.9. The lowest BCUT2D eigenvalue weighted by atomic mass is 10.1. The van der Waals surface area contributed by atoms with Crippen LogP contribution >= 0.6 is 0 Å². The van der Waals surface area contributed by atoms with Crippen LogP contribution in [0, 0.1) is 0 Å². The number of amidine groups is 1. The second-order valence-electron chi connectivity index (χ2n) is 5.23. The summed E-state index contributed by atoms with van der Waals surface area (Å²) in [6.07, 6.45) is 0. The molecule has 2 rings (SSSR count). The number of ether oxygens (including phenoxy) is 1. The fraction of sp³-hybridized carbons (Fsp3) is 0.533. The monoisotopic (exact) mass is 292 g/mol. The van der Waals surface area contributed by atoms with Gasteiger partial charge in [-0.05, 0) is 24.2 Å². The van der Waals surface area contributed by atoms with Crippen molar-refractivity contribution in [2.75, 3.05) is 39.8 Å². The van der Waals surface area contributed by atoms with Crippen molar-refractivity contribution in [2.24, 2.45) is 10.9 Å². The lowest BCUT2D eigenvalue weighted by Gasteiger charge is -2.34. The minimum atomic E-state index is 0.0648. The molecule has 0 bridgehead atoms. The summed E-state index contributed by atoms with van der Waals surface area (Å²) in [7, 11) is 1.59. The highest BCUT2D eigenvalue weighted by atomic mass is 16.5. The molecule has 1 aliphatic rings. The topological polar surface area (TPSA) is 74.3 Å². The molecule has 0 radical (unpaired) electrons. The Hall–Kier alpha value is -1.79. The van der Waals surface area contributed by atoms with Gasteiger partial charge in [0.1, 0.15) is 5.75 Å². The van der Waals surface area contributed by atoms with Gasteiger partial charge in [0.05, 0.1) is 12.7 Å². The Balaban J connectivity index is 2.04. The molecule has 1 saturated heterocycles. The van der Waals surface area contributed by atoms with Crippen LogP contribution in [0.3, 0.4) is 0 Å².